The zero-order valence-corrected chi connectivity index (χ0v) is 35.8. The summed E-state index contributed by atoms with van der Waals surface area (Å²) in [6.45, 7) is 1.40. The molecule has 2 amide bonds. The van der Waals surface area contributed by atoms with E-state index in [0.29, 0.717) is 27.7 Å². The van der Waals surface area contributed by atoms with E-state index in [0.717, 1.165) is 55.0 Å². The van der Waals surface area contributed by atoms with Gasteiger partial charge in [0.15, 0.2) is 5.13 Å². The number of fused-ring (bicyclic) bond motifs is 1. The highest BCUT2D eigenvalue weighted by Gasteiger charge is 2.54. The number of ether oxygens (including phenoxy) is 3. The van der Waals surface area contributed by atoms with E-state index in [2.05, 4.69) is 25.0 Å². The topological polar surface area (TPSA) is 198 Å². The average molecular weight is 892 g/mol. The minimum atomic E-state index is -1.37. The molecule has 0 radical (unpaired) electrons. The van der Waals surface area contributed by atoms with Gasteiger partial charge in [-0.05, 0) is 48.9 Å². The number of thioether (sulfide) groups is 1. The second kappa shape index (κ2) is 19.1. The lowest BCUT2D eigenvalue weighted by Gasteiger charge is -2.49. The van der Waals surface area contributed by atoms with Crippen molar-refractivity contribution in [2.45, 2.75) is 68.4 Å². The Balaban J connectivity index is 1.02. The molecule has 1 saturated carbocycles. The Kier molecular flexibility index (Phi) is 13.1. The van der Waals surface area contributed by atoms with Crippen LogP contribution in [0.1, 0.15) is 61.4 Å². The maximum Gasteiger partial charge on any atom is 0.511 e. The fourth-order valence-corrected chi connectivity index (χ4v) is 9.95. The molecule has 62 heavy (non-hydrogen) atoms. The molecule has 0 bridgehead atoms. The zero-order chi connectivity index (χ0) is 43.1. The first-order valence-electron chi connectivity index (χ1n) is 19.9. The van der Waals surface area contributed by atoms with Gasteiger partial charge in [0.25, 0.3) is 11.8 Å². The van der Waals surface area contributed by atoms with Gasteiger partial charge in [-0.15, -0.1) is 28.2 Å². The van der Waals surface area contributed by atoms with Crippen molar-refractivity contribution in [3.05, 3.63) is 135 Å². The number of anilines is 1. The molecule has 3 unspecified atom stereocenters. The monoisotopic (exact) mass is 891 g/mol. The second-order valence-electron chi connectivity index (χ2n) is 14.5. The van der Waals surface area contributed by atoms with Crippen LogP contribution >= 0.6 is 34.6 Å². The fraction of sp³-hybridized carbons (Fsp3) is 0.273. The van der Waals surface area contributed by atoms with Crippen molar-refractivity contribution in [1.29, 1.82) is 0 Å². The Labute approximate surface area is 369 Å². The smallest absolute Gasteiger partial charge is 0.431 e. The van der Waals surface area contributed by atoms with Crippen molar-refractivity contribution in [3.8, 4) is 11.3 Å². The van der Waals surface area contributed by atoms with Crippen LogP contribution in [0.5, 0.6) is 0 Å². The maximum atomic E-state index is 13.9. The van der Waals surface area contributed by atoms with Crippen LogP contribution in [0.2, 0.25) is 0 Å². The number of carbonyl (C=O) groups is 4. The summed E-state index contributed by atoms with van der Waals surface area (Å²) in [5.74, 6) is -1.87. The van der Waals surface area contributed by atoms with Crippen LogP contribution in [-0.4, -0.2) is 79.2 Å². The average Bonchev–Trinajstić information content (AvgIpc) is 3.99. The summed E-state index contributed by atoms with van der Waals surface area (Å²) < 4.78 is 20.1. The molecule has 3 aromatic carbocycles. The Hall–Kier alpha value is -6.37. The number of nitrogens with two attached hydrogens (primary N) is 1. The number of nitrogen functional groups attached to an aromatic ring is 1. The molecule has 4 heterocycles. The number of allylic oxidation sites excluding steroid dienone is 1. The standard InChI is InChI=1S/C44H41N7O8S3/c1-27(57-43(55)58-32-17-9-4-10-18-32)56-41(54)38-28(21-22-31-25-62-50-49-31)24-60-40-37(39(53)51(38)40)48-36(52)23-46-59-44(29-13-5-2-6-14-29,30-15-7-3-8-16-30)34-20-12-11-19-33(34)35-26-61-42(45)47-35/h2-3,5-8,11-16,19-23,25-27,32,37,40H,4,9-10,17-18,24H2,1H3,(H2,45,47)(H,48,52)/b22-21-,46-23-. The summed E-state index contributed by atoms with van der Waals surface area (Å²) in [5, 5.41) is 14.4. The Bertz CT molecular complexity index is 2450. The summed E-state index contributed by atoms with van der Waals surface area (Å²) in [4.78, 5) is 66.2. The molecule has 318 valence electrons. The van der Waals surface area contributed by atoms with E-state index in [1.165, 1.54) is 46.5 Å². The van der Waals surface area contributed by atoms with E-state index in [1.54, 1.807) is 17.5 Å². The highest BCUT2D eigenvalue weighted by Crippen LogP contribution is 2.45. The lowest BCUT2D eigenvalue weighted by molar-refractivity contribution is -0.169. The predicted molar refractivity (Wildman–Crippen MR) is 235 cm³/mol. The first-order valence-corrected chi connectivity index (χ1v) is 22.6. The normalized spacial score (nSPS) is 18.5. The summed E-state index contributed by atoms with van der Waals surface area (Å²) in [6.07, 6.45) is 6.30. The molecular weight excluding hydrogens is 851 g/mol. The van der Waals surface area contributed by atoms with Crippen LogP contribution in [0.15, 0.2) is 118 Å². The Morgan fingerprint density at radius 3 is 2.32 bits per heavy atom. The number of rotatable bonds is 14. The third-order valence-corrected chi connectivity index (χ3v) is 13.0. The molecule has 2 aromatic heterocycles. The van der Waals surface area contributed by atoms with Gasteiger partial charge in [-0.25, -0.2) is 14.6 Å². The number of amides is 2. The number of nitrogens with one attached hydrogen (secondary N) is 1. The molecule has 8 rings (SSSR count). The lowest BCUT2D eigenvalue weighted by atomic mass is 9.78. The van der Waals surface area contributed by atoms with Crippen LogP contribution < -0.4 is 11.1 Å². The van der Waals surface area contributed by atoms with Gasteiger partial charge in [0.2, 0.25) is 11.9 Å². The number of benzene rings is 3. The number of carbonyl (C=O) groups excluding carboxylic acids is 4. The van der Waals surface area contributed by atoms with Gasteiger partial charge in [0.05, 0.1) is 11.4 Å². The fourth-order valence-electron chi connectivity index (χ4n) is 7.65. The number of hydrogen-bond donors (Lipinski definition) is 2. The third-order valence-electron chi connectivity index (χ3n) is 10.5. The molecule has 2 fully saturated rings. The van der Waals surface area contributed by atoms with Gasteiger partial charge in [0, 0.05) is 45.7 Å². The second-order valence-corrected chi connectivity index (χ2v) is 17.1. The molecule has 1 aliphatic carbocycles. The molecule has 3 atom stereocenters. The Morgan fingerprint density at radius 1 is 0.935 bits per heavy atom. The SMILES string of the molecule is CC(OC(=O)OC1CCCCC1)OC(=O)C1=C(/C=C\c2csnn2)CSC2C(NC(=O)/C=N\OC(c3ccccc3)(c3ccccc3)c3ccccc3-c3csc(N)n3)C(=O)N12. The van der Waals surface area contributed by atoms with Gasteiger partial charge in [-0.3, -0.25) is 14.5 Å². The van der Waals surface area contributed by atoms with E-state index in [4.69, 9.17) is 24.8 Å². The van der Waals surface area contributed by atoms with Gasteiger partial charge in [0.1, 0.15) is 29.4 Å². The molecule has 18 heteroatoms. The van der Waals surface area contributed by atoms with E-state index >= 15 is 0 Å². The first-order chi connectivity index (χ1) is 30.2. The third kappa shape index (κ3) is 9.12. The summed E-state index contributed by atoms with van der Waals surface area (Å²) in [7, 11) is 0. The predicted octanol–water partition coefficient (Wildman–Crippen LogP) is 7.28. The minimum Gasteiger partial charge on any atom is -0.431 e. The number of esters is 1. The number of hydrogen-bond acceptors (Lipinski definition) is 16. The molecule has 3 N–H and O–H groups in total. The van der Waals surface area contributed by atoms with Crippen LogP contribution in [0.4, 0.5) is 9.93 Å². The minimum absolute atomic E-state index is 0.0483. The largest absolute Gasteiger partial charge is 0.511 e. The molecule has 2 aliphatic heterocycles. The highest BCUT2D eigenvalue weighted by molar-refractivity contribution is 8.00. The molecular formula is C44H41N7O8S3. The van der Waals surface area contributed by atoms with Gasteiger partial charge in [-0.1, -0.05) is 107 Å². The van der Waals surface area contributed by atoms with Gasteiger partial charge in [-0.2, -0.15) is 0 Å². The van der Waals surface area contributed by atoms with E-state index in [9.17, 15) is 19.2 Å². The Morgan fingerprint density at radius 2 is 1.65 bits per heavy atom. The van der Waals surface area contributed by atoms with Crippen molar-refractivity contribution in [1.82, 2.24) is 24.8 Å². The maximum absolute atomic E-state index is 13.9. The van der Waals surface area contributed by atoms with Crippen molar-refractivity contribution in [3.63, 3.8) is 0 Å². The molecule has 0 spiro atoms. The summed E-state index contributed by atoms with van der Waals surface area (Å²) in [5.41, 5.74) is 9.23. The number of β-lactam (4-membered cyclic amide) rings is 1. The number of thiazole rings is 1. The van der Waals surface area contributed by atoms with E-state index < -0.39 is 47.2 Å². The van der Waals surface area contributed by atoms with Crippen molar-refractivity contribution in [2.75, 3.05) is 11.5 Å². The van der Waals surface area contributed by atoms with Crippen molar-refractivity contribution in [2.24, 2.45) is 5.16 Å². The van der Waals surface area contributed by atoms with Crippen LogP contribution in [0.25, 0.3) is 17.3 Å². The quantitative estimate of drug-likeness (QED) is 0.0282. The lowest BCUT2D eigenvalue weighted by Crippen LogP contribution is -2.70. The molecule has 1 saturated heterocycles. The summed E-state index contributed by atoms with van der Waals surface area (Å²) in [6, 6.07) is 25.6. The number of oxime groups is 1. The van der Waals surface area contributed by atoms with Crippen molar-refractivity contribution < 1.29 is 38.2 Å². The van der Waals surface area contributed by atoms with E-state index in [1.807, 2.05) is 90.3 Å². The zero-order valence-electron chi connectivity index (χ0n) is 33.3. The van der Waals surface area contributed by atoms with Crippen molar-refractivity contribution >= 4 is 76.0 Å². The molecule has 15 nitrogen and oxygen atoms in total. The van der Waals surface area contributed by atoms with Crippen LogP contribution in [0.3, 0.4) is 0 Å². The first kappa shape index (κ1) is 42.3. The number of nitrogens with zero attached hydrogens (tertiary/aromatic N) is 5. The highest BCUT2D eigenvalue weighted by atomic mass is 32.2. The molecule has 5 aromatic rings. The van der Waals surface area contributed by atoms with Crippen LogP contribution in [0, 0.1) is 0 Å². The van der Waals surface area contributed by atoms with E-state index in [-0.39, 0.29) is 17.6 Å². The van der Waals surface area contributed by atoms with Crippen LogP contribution in [-0.2, 0) is 39.0 Å². The van der Waals surface area contributed by atoms with Gasteiger partial charge < -0.3 is 30.1 Å². The summed E-state index contributed by atoms with van der Waals surface area (Å²) >= 11 is 3.83. The number of aromatic nitrogens is 3. The van der Waals surface area contributed by atoms with Gasteiger partial charge >= 0.3 is 12.1 Å². The molecule has 3 aliphatic rings.